The highest BCUT2D eigenvalue weighted by molar-refractivity contribution is 6.16. The van der Waals surface area contributed by atoms with Crippen molar-refractivity contribution in [2.45, 2.75) is 25.4 Å². The number of ketones is 2. The summed E-state index contributed by atoms with van der Waals surface area (Å²) in [6.45, 7) is 0.423. The lowest BCUT2D eigenvalue weighted by atomic mass is 9.89. The summed E-state index contributed by atoms with van der Waals surface area (Å²) >= 11 is 0. The predicted molar refractivity (Wildman–Crippen MR) is 119 cm³/mol. The number of cyclic esters (lactones) is 1. The van der Waals surface area contributed by atoms with Crippen LogP contribution in [0.2, 0.25) is 0 Å². The standard InChI is InChI=1S/C25H22N2O7/c28-22(16-6-8-32-13-16)21-3-1-2-15-10-18(4-5-20(15)23(21)29)27-12-19(34-25(27)31)11-26-24(30)17-7-9-33-14-17/h4-10,13-14,19,21H,1-3,11-12H2,(H,26,30)/t19-,21-/m0/s1. The van der Waals surface area contributed by atoms with E-state index < -0.39 is 18.1 Å². The van der Waals surface area contributed by atoms with Crippen LogP contribution >= 0.6 is 0 Å². The van der Waals surface area contributed by atoms with Crippen LogP contribution in [0.15, 0.2) is 64.2 Å². The predicted octanol–water partition coefficient (Wildman–Crippen LogP) is 3.65. The number of carbonyl (C=O) groups excluding carboxylic acids is 4. The Morgan fingerprint density at radius 1 is 1.03 bits per heavy atom. The van der Waals surface area contributed by atoms with Crippen molar-refractivity contribution in [3.05, 3.63) is 77.6 Å². The number of ether oxygens (including phenoxy) is 1. The molecule has 1 saturated heterocycles. The number of benzene rings is 1. The zero-order valence-corrected chi connectivity index (χ0v) is 18.2. The van der Waals surface area contributed by atoms with Crippen LogP contribution in [0.4, 0.5) is 10.5 Å². The normalized spacial score (nSPS) is 19.9. The van der Waals surface area contributed by atoms with Gasteiger partial charge < -0.3 is 18.9 Å². The smallest absolute Gasteiger partial charge is 0.414 e. The molecule has 174 valence electrons. The van der Waals surface area contributed by atoms with Gasteiger partial charge in [-0.1, -0.05) is 0 Å². The summed E-state index contributed by atoms with van der Waals surface area (Å²) < 4.78 is 15.3. The first-order chi connectivity index (χ1) is 16.5. The number of hydrogen-bond acceptors (Lipinski definition) is 7. The summed E-state index contributed by atoms with van der Waals surface area (Å²) in [5.41, 5.74) is 2.69. The highest BCUT2D eigenvalue weighted by atomic mass is 16.6. The molecule has 5 rings (SSSR count). The van der Waals surface area contributed by atoms with Gasteiger partial charge in [0.25, 0.3) is 5.91 Å². The van der Waals surface area contributed by atoms with Gasteiger partial charge >= 0.3 is 6.09 Å². The maximum atomic E-state index is 13.2. The molecule has 0 saturated carbocycles. The molecule has 1 fully saturated rings. The molecule has 9 heteroatoms. The van der Waals surface area contributed by atoms with Crippen molar-refractivity contribution in [1.82, 2.24) is 5.32 Å². The van der Waals surface area contributed by atoms with Crippen LogP contribution in [0.1, 0.15) is 49.5 Å². The van der Waals surface area contributed by atoms with Crippen molar-refractivity contribution >= 4 is 29.3 Å². The molecule has 1 aromatic carbocycles. The van der Waals surface area contributed by atoms with Crippen LogP contribution in [-0.2, 0) is 11.2 Å². The topological polar surface area (TPSA) is 119 Å². The first-order valence-corrected chi connectivity index (χ1v) is 11.0. The van der Waals surface area contributed by atoms with Crippen LogP contribution in [0, 0.1) is 5.92 Å². The van der Waals surface area contributed by atoms with Crippen molar-refractivity contribution in [2.75, 3.05) is 18.0 Å². The number of Topliss-reactive ketones (excluding diaryl/α,β-unsaturated/α-hetero) is 2. The molecule has 34 heavy (non-hydrogen) atoms. The van der Waals surface area contributed by atoms with E-state index in [0.717, 1.165) is 5.56 Å². The fourth-order valence-corrected chi connectivity index (χ4v) is 4.41. The zero-order chi connectivity index (χ0) is 23.7. The van der Waals surface area contributed by atoms with Gasteiger partial charge in [-0.2, -0.15) is 0 Å². The van der Waals surface area contributed by atoms with Crippen molar-refractivity contribution in [3.63, 3.8) is 0 Å². The minimum atomic E-state index is -0.746. The average molecular weight is 462 g/mol. The zero-order valence-electron chi connectivity index (χ0n) is 18.2. The number of anilines is 1. The molecule has 0 radical (unpaired) electrons. The monoisotopic (exact) mass is 462 g/mol. The third-order valence-electron chi connectivity index (χ3n) is 6.19. The Balaban J connectivity index is 1.28. The lowest BCUT2D eigenvalue weighted by molar-refractivity contribution is 0.0800. The molecule has 3 aromatic rings. The molecule has 2 amide bonds. The van der Waals surface area contributed by atoms with E-state index in [0.29, 0.717) is 41.6 Å². The quantitative estimate of drug-likeness (QED) is 0.337. The van der Waals surface area contributed by atoms with Gasteiger partial charge in [-0.15, -0.1) is 0 Å². The highest BCUT2D eigenvalue weighted by Gasteiger charge is 2.35. The second kappa shape index (κ2) is 9.01. The fraction of sp³-hybridized carbons (Fsp3) is 0.280. The molecule has 0 unspecified atom stereocenters. The molecule has 1 N–H and O–H groups in total. The summed E-state index contributed by atoms with van der Waals surface area (Å²) in [7, 11) is 0. The lowest BCUT2D eigenvalue weighted by Crippen LogP contribution is -2.34. The van der Waals surface area contributed by atoms with Crippen molar-refractivity contribution in [3.8, 4) is 0 Å². The Kier molecular flexibility index (Phi) is 5.75. The van der Waals surface area contributed by atoms with Crippen molar-refractivity contribution in [2.24, 2.45) is 5.92 Å². The summed E-state index contributed by atoms with van der Waals surface area (Å²) in [5.74, 6) is -1.51. The lowest BCUT2D eigenvalue weighted by Gasteiger charge is -2.16. The van der Waals surface area contributed by atoms with Crippen molar-refractivity contribution < 1.29 is 32.7 Å². The van der Waals surface area contributed by atoms with Crippen LogP contribution in [0.3, 0.4) is 0 Å². The maximum absolute atomic E-state index is 13.2. The second-order valence-corrected chi connectivity index (χ2v) is 8.37. The molecule has 1 aliphatic heterocycles. The largest absolute Gasteiger partial charge is 0.472 e. The van der Waals surface area contributed by atoms with E-state index in [-0.39, 0.29) is 30.6 Å². The minimum absolute atomic E-state index is 0.160. The van der Waals surface area contributed by atoms with Gasteiger partial charge in [-0.3, -0.25) is 19.3 Å². The van der Waals surface area contributed by atoms with E-state index in [2.05, 4.69) is 5.32 Å². The fourth-order valence-electron chi connectivity index (χ4n) is 4.41. The molecule has 2 atom stereocenters. The maximum Gasteiger partial charge on any atom is 0.414 e. The molecule has 0 spiro atoms. The second-order valence-electron chi connectivity index (χ2n) is 8.37. The minimum Gasteiger partial charge on any atom is -0.472 e. The number of hydrogen-bond donors (Lipinski definition) is 1. The molecule has 1 aliphatic carbocycles. The van der Waals surface area contributed by atoms with Gasteiger partial charge in [-0.05, 0) is 55.2 Å². The van der Waals surface area contributed by atoms with Crippen LogP contribution in [0.25, 0.3) is 0 Å². The highest BCUT2D eigenvalue weighted by Crippen LogP contribution is 2.31. The molecule has 2 aliphatic rings. The number of fused-ring (bicyclic) bond motifs is 1. The number of carbonyl (C=O) groups is 4. The molecular weight excluding hydrogens is 440 g/mol. The van der Waals surface area contributed by atoms with Crippen molar-refractivity contribution in [1.29, 1.82) is 0 Å². The summed E-state index contributed by atoms with van der Waals surface area (Å²) in [4.78, 5) is 52.0. The summed E-state index contributed by atoms with van der Waals surface area (Å²) in [6, 6.07) is 8.29. The van der Waals surface area contributed by atoms with Gasteiger partial charge in [0.15, 0.2) is 11.6 Å². The Bertz CT molecular complexity index is 1230. The number of aryl methyl sites for hydroxylation is 1. The number of nitrogens with one attached hydrogen (secondary N) is 1. The van der Waals surface area contributed by atoms with E-state index in [4.69, 9.17) is 13.6 Å². The van der Waals surface area contributed by atoms with E-state index in [1.807, 2.05) is 6.07 Å². The molecule has 2 aromatic heterocycles. The van der Waals surface area contributed by atoms with E-state index in [1.54, 1.807) is 24.3 Å². The Hall–Kier alpha value is -4.14. The number of amides is 2. The number of furan rings is 2. The van der Waals surface area contributed by atoms with Gasteiger partial charge in [-0.25, -0.2) is 4.79 Å². The Morgan fingerprint density at radius 3 is 2.53 bits per heavy atom. The van der Waals surface area contributed by atoms with Gasteiger partial charge in [0.2, 0.25) is 0 Å². The number of rotatable bonds is 6. The first-order valence-electron chi connectivity index (χ1n) is 11.0. The summed E-state index contributed by atoms with van der Waals surface area (Å²) in [5, 5.41) is 2.72. The average Bonchev–Trinajstić information content (AvgIpc) is 3.60. The van der Waals surface area contributed by atoms with E-state index in [9.17, 15) is 19.2 Å². The summed E-state index contributed by atoms with van der Waals surface area (Å²) in [6.07, 6.45) is 6.24. The molecule has 0 bridgehead atoms. The third-order valence-corrected chi connectivity index (χ3v) is 6.19. The SMILES string of the molecule is O=C(NC[C@H]1CN(c2ccc3c(c2)CCC[C@@H](C(=O)c2ccoc2)C3=O)C(=O)O1)c1ccoc1. The van der Waals surface area contributed by atoms with Gasteiger partial charge in [0, 0.05) is 11.3 Å². The van der Waals surface area contributed by atoms with E-state index >= 15 is 0 Å². The Morgan fingerprint density at radius 2 is 1.79 bits per heavy atom. The molecule has 3 heterocycles. The molecule has 9 nitrogen and oxygen atoms in total. The van der Waals surface area contributed by atoms with E-state index in [1.165, 1.54) is 30.0 Å². The number of nitrogens with zero attached hydrogens (tertiary/aromatic N) is 1. The van der Waals surface area contributed by atoms with Gasteiger partial charge in [0.1, 0.15) is 18.6 Å². The third kappa shape index (κ3) is 4.12. The first kappa shape index (κ1) is 21.7. The van der Waals surface area contributed by atoms with Crippen LogP contribution < -0.4 is 10.2 Å². The molecular formula is C25H22N2O7. The van der Waals surface area contributed by atoms with Crippen LogP contribution in [0.5, 0.6) is 0 Å². The van der Waals surface area contributed by atoms with Crippen LogP contribution in [-0.4, -0.2) is 42.8 Å². The Labute approximate surface area is 194 Å². The van der Waals surface area contributed by atoms with Gasteiger partial charge in [0.05, 0.1) is 42.7 Å².